The zero-order valence-electron chi connectivity index (χ0n) is 10.1. The SMILES string of the molecule is CC(=N)Cn1c(=O)ccc2c([NH][AlH2])c(C)sc21. The van der Waals surface area contributed by atoms with Crippen LogP contribution in [-0.2, 0) is 6.54 Å². The number of hydrogen-bond acceptors (Lipinski definition) is 4. The van der Waals surface area contributed by atoms with Gasteiger partial charge < -0.3 is 9.71 Å². The third-order valence-electron chi connectivity index (χ3n) is 2.65. The highest BCUT2D eigenvalue weighted by Gasteiger charge is 2.11. The monoisotopic (exact) mass is 263 g/mol. The number of nitrogens with one attached hydrogen (secondary N) is 2. The summed E-state index contributed by atoms with van der Waals surface area (Å²) in [7, 11) is 0. The zero-order chi connectivity index (χ0) is 12.6. The van der Waals surface area contributed by atoms with Crippen LogP contribution >= 0.6 is 11.3 Å². The van der Waals surface area contributed by atoms with Crippen molar-refractivity contribution in [2.45, 2.75) is 20.4 Å². The highest BCUT2D eigenvalue weighted by molar-refractivity contribution is 7.19. The lowest BCUT2D eigenvalue weighted by atomic mass is 10.2. The van der Waals surface area contributed by atoms with Gasteiger partial charge in [-0.15, -0.1) is 11.3 Å². The fourth-order valence-electron chi connectivity index (χ4n) is 1.94. The van der Waals surface area contributed by atoms with E-state index in [0.29, 0.717) is 12.3 Å². The average molecular weight is 263 g/mol. The van der Waals surface area contributed by atoms with E-state index in [4.69, 9.17) is 5.41 Å². The summed E-state index contributed by atoms with van der Waals surface area (Å²) >= 11 is 2.49. The second kappa shape index (κ2) is 4.65. The quantitative estimate of drug-likeness (QED) is 0.649. The molecule has 0 bridgehead atoms. The number of fused-ring (bicyclic) bond motifs is 1. The summed E-state index contributed by atoms with van der Waals surface area (Å²) in [5.41, 5.74) is 1.59. The largest absolute Gasteiger partial charge is 0.480 e. The summed E-state index contributed by atoms with van der Waals surface area (Å²) in [4.78, 5) is 14.0. The second-order valence-corrected chi connectivity index (χ2v) is 5.74. The van der Waals surface area contributed by atoms with Crippen LogP contribution in [0.4, 0.5) is 5.69 Å². The first kappa shape index (κ1) is 12.4. The number of aryl methyl sites for hydroxylation is 1. The van der Waals surface area contributed by atoms with E-state index in [2.05, 4.69) is 11.2 Å². The molecule has 2 aromatic rings. The van der Waals surface area contributed by atoms with Crippen LogP contribution in [0.15, 0.2) is 16.9 Å². The molecule has 0 aliphatic rings. The molecule has 2 heterocycles. The number of rotatable bonds is 3. The van der Waals surface area contributed by atoms with E-state index in [1.807, 2.05) is 6.07 Å². The molecule has 0 saturated carbocycles. The van der Waals surface area contributed by atoms with Crippen LogP contribution in [0.2, 0.25) is 0 Å². The molecule has 0 aromatic carbocycles. The van der Waals surface area contributed by atoms with Crippen molar-refractivity contribution < 1.29 is 0 Å². The summed E-state index contributed by atoms with van der Waals surface area (Å²) < 4.78 is 4.98. The van der Waals surface area contributed by atoms with E-state index in [-0.39, 0.29) is 5.56 Å². The minimum atomic E-state index is -0.0368. The third-order valence-corrected chi connectivity index (χ3v) is 4.29. The van der Waals surface area contributed by atoms with Crippen molar-refractivity contribution in [2.24, 2.45) is 0 Å². The Bertz CT molecular complexity index is 644. The van der Waals surface area contributed by atoms with Crippen molar-refractivity contribution in [1.82, 2.24) is 4.57 Å². The second-order valence-electron chi connectivity index (χ2n) is 4.04. The Kier molecular flexibility index (Phi) is 3.38. The predicted molar refractivity (Wildman–Crippen MR) is 76.4 cm³/mol. The first-order chi connectivity index (χ1) is 8.04. The topological polar surface area (TPSA) is 57.9 Å². The van der Waals surface area contributed by atoms with Crippen LogP contribution in [-0.4, -0.2) is 26.8 Å². The standard InChI is InChI=1S/C11H12N3OS.Al.2H/c1-6(12)5-14-9(15)4-3-8-10(13)7(2)16-11(8)14;;;/h3-4,12-13H,5H2,1-2H3;;;/q-1;+1;;. The van der Waals surface area contributed by atoms with Crippen LogP contribution in [0.5, 0.6) is 0 Å². The predicted octanol–water partition coefficient (Wildman–Crippen LogP) is 1.37. The van der Waals surface area contributed by atoms with Crippen LogP contribution in [0.3, 0.4) is 0 Å². The number of anilines is 1. The number of pyridine rings is 1. The molecule has 0 radical (unpaired) electrons. The normalized spacial score (nSPS) is 10.7. The minimum absolute atomic E-state index is 0.0368. The molecule has 0 spiro atoms. The number of hydrogen-bond donors (Lipinski definition) is 2. The molecular formula is C11H14AlN3OS. The van der Waals surface area contributed by atoms with E-state index in [9.17, 15) is 4.79 Å². The van der Waals surface area contributed by atoms with Gasteiger partial charge in [0.05, 0.1) is 6.54 Å². The van der Waals surface area contributed by atoms with E-state index >= 15 is 0 Å². The molecule has 0 atom stereocenters. The molecule has 0 aliphatic heterocycles. The Morgan fingerprint density at radius 1 is 1.59 bits per heavy atom. The molecule has 6 heteroatoms. The molecule has 0 amide bonds. The van der Waals surface area contributed by atoms with Gasteiger partial charge in [-0.25, -0.2) is 0 Å². The smallest absolute Gasteiger partial charge is 0.360 e. The molecule has 4 nitrogen and oxygen atoms in total. The van der Waals surface area contributed by atoms with E-state index < -0.39 is 0 Å². The average Bonchev–Trinajstić information content (AvgIpc) is 2.58. The fraction of sp³-hybridized carbons (Fsp3) is 0.273. The van der Waals surface area contributed by atoms with Gasteiger partial charge in [0.2, 0.25) is 0 Å². The van der Waals surface area contributed by atoms with Crippen molar-refractivity contribution in [2.75, 3.05) is 4.30 Å². The van der Waals surface area contributed by atoms with Gasteiger partial charge in [0, 0.05) is 27.7 Å². The van der Waals surface area contributed by atoms with Crippen molar-refractivity contribution in [3.05, 3.63) is 27.4 Å². The minimum Gasteiger partial charge on any atom is -0.480 e. The van der Waals surface area contributed by atoms with Gasteiger partial charge in [0.1, 0.15) is 4.83 Å². The zero-order valence-corrected chi connectivity index (χ0v) is 12.9. The molecule has 2 aromatic heterocycles. The van der Waals surface area contributed by atoms with Crippen LogP contribution < -0.4 is 9.86 Å². The van der Waals surface area contributed by atoms with E-state index in [0.717, 1.165) is 32.4 Å². The van der Waals surface area contributed by atoms with Crippen molar-refractivity contribution in [1.29, 1.82) is 5.41 Å². The third kappa shape index (κ3) is 2.16. The van der Waals surface area contributed by atoms with Crippen LogP contribution in [0, 0.1) is 12.3 Å². The van der Waals surface area contributed by atoms with Gasteiger partial charge in [0.15, 0.2) is 0 Å². The molecular weight excluding hydrogens is 249 g/mol. The van der Waals surface area contributed by atoms with E-state index in [1.54, 1.807) is 28.9 Å². The maximum absolute atomic E-state index is 11.8. The van der Waals surface area contributed by atoms with E-state index in [1.165, 1.54) is 4.88 Å². The maximum atomic E-state index is 11.8. The molecule has 0 fully saturated rings. The molecule has 0 aliphatic carbocycles. The molecule has 2 rings (SSSR count). The number of nitrogens with zero attached hydrogens (tertiary/aromatic N) is 1. The van der Waals surface area contributed by atoms with Crippen molar-refractivity contribution in [3.8, 4) is 0 Å². The van der Waals surface area contributed by atoms with Gasteiger partial charge in [-0.05, 0) is 19.9 Å². The first-order valence-corrected chi connectivity index (χ1v) is 7.21. The summed E-state index contributed by atoms with van der Waals surface area (Å²) in [6.07, 6.45) is 0. The highest BCUT2D eigenvalue weighted by Crippen LogP contribution is 2.33. The Hall–Kier alpha value is -1.09. The summed E-state index contributed by atoms with van der Waals surface area (Å²) in [5.74, 6) is 0. The highest BCUT2D eigenvalue weighted by atomic mass is 32.1. The lowest BCUT2D eigenvalue weighted by Crippen LogP contribution is -2.21. The number of thiophene rings is 1. The van der Waals surface area contributed by atoms with Crippen molar-refractivity contribution >= 4 is 49.5 Å². The Labute approximate surface area is 111 Å². The van der Waals surface area contributed by atoms with Gasteiger partial charge in [0.25, 0.3) is 5.56 Å². The fourth-order valence-corrected chi connectivity index (χ4v) is 3.92. The molecule has 0 saturated heterocycles. The summed E-state index contributed by atoms with van der Waals surface area (Å²) in [6.45, 7) is 4.14. The Morgan fingerprint density at radius 2 is 2.29 bits per heavy atom. The lowest BCUT2D eigenvalue weighted by Gasteiger charge is -2.06. The Morgan fingerprint density at radius 3 is 2.88 bits per heavy atom. The summed E-state index contributed by atoms with van der Waals surface area (Å²) in [6, 6.07) is 3.46. The molecule has 2 N–H and O–H groups in total. The first-order valence-electron chi connectivity index (χ1n) is 5.39. The maximum Gasteiger partial charge on any atom is 0.360 e. The molecule has 88 valence electrons. The van der Waals surface area contributed by atoms with Gasteiger partial charge in [-0.3, -0.25) is 9.36 Å². The summed E-state index contributed by atoms with van der Waals surface area (Å²) in [5, 5.41) is 8.63. The van der Waals surface area contributed by atoms with Gasteiger partial charge in [-0.2, -0.15) is 0 Å². The van der Waals surface area contributed by atoms with Gasteiger partial charge >= 0.3 is 16.5 Å². The van der Waals surface area contributed by atoms with Crippen LogP contribution in [0.1, 0.15) is 11.8 Å². The van der Waals surface area contributed by atoms with Crippen LogP contribution in [0.25, 0.3) is 10.2 Å². The van der Waals surface area contributed by atoms with Crippen molar-refractivity contribution in [3.63, 3.8) is 0 Å². The Balaban J connectivity index is 2.77. The lowest BCUT2D eigenvalue weighted by molar-refractivity contribution is 0.846. The molecule has 17 heavy (non-hydrogen) atoms. The van der Waals surface area contributed by atoms with Gasteiger partial charge in [-0.1, -0.05) is 0 Å². The molecule has 0 unspecified atom stereocenters. The number of aromatic nitrogens is 1.